The fourth-order valence-electron chi connectivity index (χ4n) is 4.35. The van der Waals surface area contributed by atoms with E-state index in [-0.39, 0.29) is 5.75 Å². The largest absolute Gasteiger partial charge is 0.507 e. The summed E-state index contributed by atoms with van der Waals surface area (Å²) in [4.78, 5) is 14.6. The Labute approximate surface area is 193 Å². The molecule has 0 amide bonds. The summed E-state index contributed by atoms with van der Waals surface area (Å²) in [5.74, 6) is 1.81. The Balaban J connectivity index is 1.83. The van der Waals surface area contributed by atoms with Crippen LogP contribution in [0.15, 0.2) is 72.8 Å². The van der Waals surface area contributed by atoms with Crippen LogP contribution < -0.4 is 0 Å². The van der Waals surface area contributed by atoms with Crippen LogP contribution in [0.5, 0.6) is 5.75 Å². The Hall–Kier alpha value is -4.05. The third kappa shape index (κ3) is 3.85. The van der Waals surface area contributed by atoms with Gasteiger partial charge in [-0.3, -0.25) is 0 Å². The second kappa shape index (κ2) is 8.14. The third-order valence-corrected chi connectivity index (χ3v) is 6.01. The zero-order chi connectivity index (χ0) is 23.1. The van der Waals surface area contributed by atoms with E-state index in [0.29, 0.717) is 23.0 Å². The molecule has 0 aliphatic heterocycles. The monoisotopic (exact) mass is 431 g/mol. The van der Waals surface area contributed by atoms with Crippen molar-refractivity contribution in [3.8, 4) is 39.9 Å². The summed E-state index contributed by atoms with van der Waals surface area (Å²) >= 11 is 0. The SMILES string of the molecule is Cc1ccc(-c2nc(-c3ccc(C)cc3C)nc(-c3c(O)ccc4ccccc34)n2)c(C)c1. The zero-order valence-corrected chi connectivity index (χ0v) is 19.2. The predicted octanol–water partition coefficient (Wildman–Crippen LogP) is 6.97. The van der Waals surface area contributed by atoms with Gasteiger partial charge in [0.05, 0.1) is 5.56 Å². The highest BCUT2D eigenvalue weighted by atomic mass is 16.3. The van der Waals surface area contributed by atoms with Crippen molar-refractivity contribution in [1.82, 2.24) is 15.0 Å². The van der Waals surface area contributed by atoms with Crippen LogP contribution in [0.2, 0.25) is 0 Å². The van der Waals surface area contributed by atoms with Crippen molar-refractivity contribution in [3.63, 3.8) is 0 Å². The Kier molecular flexibility index (Phi) is 5.14. The minimum absolute atomic E-state index is 0.151. The van der Waals surface area contributed by atoms with Gasteiger partial charge in [-0.05, 0) is 55.7 Å². The van der Waals surface area contributed by atoms with E-state index in [4.69, 9.17) is 15.0 Å². The number of hydrogen-bond acceptors (Lipinski definition) is 4. The molecule has 5 rings (SSSR count). The third-order valence-electron chi connectivity index (χ3n) is 6.01. The number of phenolic OH excluding ortho intramolecular Hbond substituents is 1. The van der Waals surface area contributed by atoms with Crippen LogP contribution >= 0.6 is 0 Å². The molecule has 4 aromatic carbocycles. The van der Waals surface area contributed by atoms with Gasteiger partial charge in [-0.1, -0.05) is 77.9 Å². The van der Waals surface area contributed by atoms with Gasteiger partial charge in [0.15, 0.2) is 17.5 Å². The van der Waals surface area contributed by atoms with Gasteiger partial charge >= 0.3 is 0 Å². The molecule has 0 bridgehead atoms. The first-order chi connectivity index (χ1) is 15.9. The molecule has 0 aliphatic carbocycles. The van der Waals surface area contributed by atoms with Gasteiger partial charge in [0.25, 0.3) is 0 Å². The lowest BCUT2D eigenvalue weighted by Gasteiger charge is -2.13. The number of aryl methyl sites for hydroxylation is 4. The van der Waals surface area contributed by atoms with Crippen LogP contribution in [0.3, 0.4) is 0 Å². The topological polar surface area (TPSA) is 58.9 Å². The molecule has 1 aromatic heterocycles. The predicted molar refractivity (Wildman–Crippen MR) is 134 cm³/mol. The first kappa shape index (κ1) is 20.8. The van der Waals surface area contributed by atoms with E-state index < -0.39 is 0 Å². The second-order valence-electron chi connectivity index (χ2n) is 8.62. The van der Waals surface area contributed by atoms with E-state index in [1.54, 1.807) is 6.07 Å². The molecule has 4 heteroatoms. The van der Waals surface area contributed by atoms with Gasteiger partial charge in [-0.2, -0.15) is 0 Å². The lowest BCUT2D eigenvalue weighted by Crippen LogP contribution is -2.02. The Morgan fingerprint density at radius 2 is 1.12 bits per heavy atom. The summed E-state index contributed by atoms with van der Waals surface area (Å²) in [6.07, 6.45) is 0. The Morgan fingerprint density at radius 1 is 0.576 bits per heavy atom. The maximum absolute atomic E-state index is 10.9. The first-order valence-electron chi connectivity index (χ1n) is 11.0. The Bertz CT molecular complexity index is 1450. The van der Waals surface area contributed by atoms with Crippen molar-refractivity contribution in [2.75, 3.05) is 0 Å². The number of benzene rings is 4. The van der Waals surface area contributed by atoms with Crippen LogP contribution in [0.25, 0.3) is 44.9 Å². The summed E-state index contributed by atoms with van der Waals surface area (Å²) in [6.45, 7) is 8.28. The molecule has 0 unspecified atom stereocenters. The zero-order valence-electron chi connectivity index (χ0n) is 19.2. The molecule has 0 spiro atoms. The quantitative estimate of drug-likeness (QED) is 0.335. The second-order valence-corrected chi connectivity index (χ2v) is 8.62. The van der Waals surface area contributed by atoms with Crippen LogP contribution in [0.1, 0.15) is 22.3 Å². The maximum atomic E-state index is 10.9. The first-order valence-corrected chi connectivity index (χ1v) is 11.0. The number of nitrogens with zero attached hydrogens (tertiary/aromatic N) is 3. The van der Waals surface area contributed by atoms with Crippen LogP contribution in [0, 0.1) is 27.7 Å². The summed E-state index contributed by atoms with van der Waals surface area (Å²) in [6, 6.07) is 24.1. The van der Waals surface area contributed by atoms with E-state index >= 15 is 0 Å². The molecule has 162 valence electrons. The average Bonchev–Trinajstić information content (AvgIpc) is 2.78. The van der Waals surface area contributed by atoms with E-state index in [1.165, 1.54) is 11.1 Å². The normalized spacial score (nSPS) is 11.2. The summed E-state index contributed by atoms with van der Waals surface area (Å²) in [5.41, 5.74) is 7.10. The number of phenols is 1. The highest BCUT2D eigenvalue weighted by molar-refractivity contribution is 5.98. The molecule has 0 saturated heterocycles. The molecule has 4 nitrogen and oxygen atoms in total. The average molecular weight is 432 g/mol. The molecular formula is C29H25N3O. The van der Waals surface area contributed by atoms with Crippen molar-refractivity contribution < 1.29 is 5.11 Å². The fourth-order valence-corrected chi connectivity index (χ4v) is 4.35. The van der Waals surface area contributed by atoms with E-state index in [0.717, 1.165) is 33.0 Å². The molecule has 0 fully saturated rings. The van der Waals surface area contributed by atoms with Crippen molar-refractivity contribution in [1.29, 1.82) is 0 Å². The lowest BCUT2D eigenvalue weighted by molar-refractivity contribution is 0.477. The number of aromatic nitrogens is 3. The van der Waals surface area contributed by atoms with Crippen LogP contribution in [-0.4, -0.2) is 20.1 Å². The van der Waals surface area contributed by atoms with Crippen molar-refractivity contribution >= 4 is 10.8 Å². The molecule has 33 heavy (non-hydrogen) atoms. The molecular weight excluding hydrogens is 406 g/mol. The van der Waals surface area contributed by atoms with Gasteiger partial charge in [0.1, 0.15) is 5.75 Å². The smallest absolute Gasteiger partial charge is 0.168 e. The van der Waals surface area contributed by atoms with Crippen molar-refractivity contribution in [3.05, 3.63) is 95.1 Å². The number of hydrogen-bond donors (Lipinski definition) is 1. The summed E-state index contributed by atoms with van der Waals surface area (Å²) in [7, 11) is 0. The number of aromatic hydroxyl groups is 1. The Morgan fingerprint density at radius 3 is 1.70 bits per heavy atom. The van der Waals surface area contributed by atoms with Crippen molar-refractivity contribution in [2.45, 2.75) is 27.7 Å². The molecule has 0 atom stereocenters. The van der Waals surface area contributed by atoms with E-state index in [1.807, 2.05) is 30.3 Å². The minimum Gasteiger partial charge on any atom is -0.507 e. The maximum Gasteiger partial charge on any atom is 0.168 e. The van der Waals surface area contributed by atoms with E-state index in [2.05, 4.69) is 64.1 Å². The van der Waals surface area contributed by atoms with Crippen LogP contribution in [-0.2, 0) is 0 Å². The van der Waals surface area contributed by atoms with Gasteiger partial charge in [-0.15, -0.1) is 0 Å². The molecule has 0 saturated carbocycles. The molecule has 1 N–H and O–H groups in total. The van der Waals surface area contributed by atoms with Gasteiger partial charge < -0.3 is 5.11 Å². The van der Waals surface area contributed by atoms with Gasteiger partial charge in [0, 0.05) is 11.1 Å². The minimum atomic E-state index is 0.151. The molecule has 1 heterocycles. The van der Waals surface area contributed by atoms with Crippen molar-refractivity contribution in [2.24, 2.45) is 0 Å². The molecule has 0 aliphatic rings. The van der Waals surface area contributed by atoms with E-state index in [9.17, 15) is 5.11 Å². The fraction of sp³-hybridized carbons (Fsp3) is 0.138. The van der Waals surface area contributed by atoms with Crippen LogP contribution in [0.4, 0.5) is 0 Å². The van der Waals surface area contributed by atoms with Gasteiger partial charge in [0.2, 0.25) is 0 Å². The van der Waals surface area contributed by atoms with Gasteiger partial charge in [-0.25, -0.2) is 15.0 Å². The summed E-state index contributed by atoms with van der Waals surface area (Å²) < 4.78 is 0. The summed E-state index contributed by atoms with van der Waals surface area (Å²) in [5, 5.41) is 12.8. The number of rotatable bonds is 3. The standard InChI is InChI=1S/C29H25N3O/c1-17-9-12-22(19(3)15-17)27-30-28(23-13-10-18(2)16-20(23)4)32-29(31-27)26-24-8-6-5-7-21(24)11-14-25(26)33/h5-16,33H,1-4H3. The number of fused-ring (bicyclic) bond motifs is 1. The molecule has 0 radical (unpaired) electrons. The highest BCUT2D eigenvalue weighted by Gasteiger charge is 2.18. The lowest BCUT2D eigenvalue weighted by atomic mass is 10.0. The molecule has 5 aromatic rings. The highest BCUT2D eigenvalue weighted by Crippen LogP contribution is 2.36.